The van der Waals surface area contributed by atoms with Crippen LogP contribution in [0.25, 0.3) is 0 Å². The van der Waals surface area contributed by atoms with Crippen LogP contribution in [0.3, 0.4) is 0 Å². The third-order valence-electron chi connectivity index (χ3n) is 6.77. The van der Waals surface area contributed by atoms with Crippen molar-refractivity contribution in [3.05, 3.63) is 101 Å². The third kappa shape index (κ3) is 4.45. The van der Waals surface area contributed by atoms with Gasteiger partial charge in [-0.15, -0.1) is 0 Å². The molecule has 6 heteroatoms. The topological polar surface area (TPSA) is 57.7 Å². The Bertz CT molecular complexity index is 1260. The van der Waals surface area contributed by atoms with Crippen molar-refractivity contribution in [1.29, 1.82) is 0 Å². The van der Waals surface area contributed by atoms with Gasteiger partial charge in [0.05, 0.1) is 4.90 Å². The number of hydrogen-bond acceptors (Lipinski definition) is 3. The van der Waals surface area contributed by atoms with Crippen LogP contribution in [0.1, 0.15) is 39.9 Å². The average molecular weight is 461 g/mol. The first-order chi connectivity index (χ1) is 16.0. The molecule has 5 rings (SSSR count). The number of likely N-dealkylation sites (tertiary alicyclic amines) is 1. The molecule has 170 valence electrons. The van der Waals surface area contributed by atoms with E-state index in [1.54, 1.807) is 24.3 Å². The minimum absolute atomic E-state index is 0.0885. The number of amides is 1. The molecular formula is C27H28N2O3S. The minimum atomic E-state index is -3.68. The molecule has 2 aliphatic rings. The van der Waals surface area contributed by atoms with Gasteiger partial charge in [0, 0.05) is 31.2 Å². The summed E-state index contributed by atoms with van der Waals surface area (Å²) < 4.78 is 28.3. The van der Waals surface area contributed by atoms with Gasteiger partial charge in [0.1, 0.15) is 0 Å². The van der Waals surface area contributed by atoms with Crippen molar-refractivity contribution in [2.24, 2.45) is 0 Å². The molecule has 0 aliphatic carbocycles. The van der Waals surface area contributed by atoms with Crippen LogP contribution in [-0.2, 0) is 29.4 Å². The van der Waals surface area contributed by atoms with Crippen LogP contribution in [0.4, 0.5) is 0 Å². The van der Waals surface area contributed by atoms with E-state index in [1.807, 2.05) is 41.3 Å². The molecule has 5 nitrogen and oxygen atoms in total. The molecule has 33 heavy (non-hydrogen) atoms. The van der Waals surface area contributed by atoms with Crippen molar-refractivity contribution in [2.75, 3.05) is 13.1 Å². The maximum absolute atomic E-state index is 13.4. The van der Waals surface area contributed by atoms with Crippen molar-refractivity contribution in [2.45, 2.75) is 43.2 Å². The fourth-order valence-electron chi connectivity index (χ4n) is 4.98. The molecule has 3 aromatic carbocycles. The van der Waals surface area contributed by atoms with Gasteiger partial charge in [-0.25, -0.2) is 8.42 Å². The molecular weight excluding hydrogens is 432 g/mol. The lowest BCUT2D eigenvalue weighted by Crippen LogP contribution is -2.37. The van der Waals surface area contributed by atoms with E-state index in [4.69, 9.17) is 0 Å². The van der Waals surface area contributed by atoms with E-state index in [0.717, 1.165) is 24.8 Å². The smallest absolute Gasteiger partial charge is 0.254 e. The molecule has 0 bridgehead atoms. The second-order valence-corrected chi connectivity index (χ2v) is 10.8. The fraction of sp³-hybridized carbons (Fsp3) is 0.296. The Balaban J connectivity index is 1.36. The van der Waals surface area contributed by atoms with Crippen molar-refractivity contribution >= 4 is 15.9 Å². The van der Waals surface area contributed by atoms with Gasteiger partial charge in [-0.3, -0.25) is 4.79 Å². The molecule has 0 N–H and O–H groups in total. The summed E-state index contributed by atoms with van der Waals surface area (Å²) in [7, 11) is -3.68. The Labute approximate surface area is 195 Å². The predicted octanol–water partition coefficient (Wildman–Crippen LogP) is 4.28. The Morgan fingerprint density at radius 2 is 1.64 bits per heavy atom. The highest BCUT2D eigenvalue weighted by Gasteiger charge is 2.32. The van der Waals surface area contributed by atoms with Crippen molar-refractivity contribution in [3.63, 3.8) is 0 Å². The Hall–Kier alpha value is -2.96. The van der Waals surface area contributed by atoms with Crippen LogP contribution < -0.4 is 0 Å². The molecule has 1 fully saturated rings. The van der Waals surface area contributed by atoms with Crippen molar-refractivity contribution < 1.29 is 13.2 Å². The second-order valence-electron chi connectivity index (χ2n) is 8.87. The van der Waals surface area contributed by atoms with E-state index in [9.17, 15) is 13.2 Å². The van der Waals surface area contributed by atoms with Crippen LogP contribution in [0.2, 0.25) is 0 Å². The summed E-state index contributed by atoms with van der Waals surface area (Å²) in [6.07, 6.45) is 3.45. The zero-order valence-corrected chi connectivity index (χ0v) is 19.4. The lowest BCUT2D eigenvalue weighted by Gasteiger charge is -2.28. The zero-order chi connectivity index (χ0) is 22.8. The molecule has 0 saturated carbocycles. The summed E-state index contributed by atoms with van der Waals surface area (Å²) >= 11 is 0. The minimum Gasteiger partial charge on any atom is -0.335 e. The Morgan fingerprint density at radius 3 is 2.45 bits per heavy atom. The first-order valence-corrected chi connectivity index (χ1v) is 13.0. The van der Waals surface area contributed by atoms with Gasteiger partial charge in [-0.05, 0) is 60.6 Å². The first kappa shape index (κ1) is 21.9. The maximum Gasteiger partial charge on any atom is 0.254 e. The number of fused-ring (bicyclic) bond motifs is 1. The molecule has 0 aromatic heterocycles. The SMILES string of the molecule is O=C(c1cccc(S(=O)(=O)N2CCc3ccccc3C2)c1)N1CCC[C@@H]1Cc1ccccc1. The molecule has 0 spiro atoms. The normalized spacial score (nSPS) is 18.8. The quantitative estimate of drug-likeness (QED) is 0.571. The molecule has 2 heterocycles. The summed E-state index contributed by atoms with van der Waals surface area (Å²) in [6, 6.07) is 24.9. The monoisotopic (exact) mass is 460 g/mol. The molecule has 0 radical (unpaired) electrons. The van der Waals surface area contributed by atoms with E-state index in [0.29, 0.717) is 31.6 Å². The van der Waals surface area contributed by atoms with Crippen LogP contribution in [0.15, 0.2) is 83.8 Å². The van der Waals surface area contributed by atoms with Crippen LogP contribution >= 0.6 is 0 Å². The van der Waals surface area contributed by atoms with Gasteiger partial charge in [-0.2, -0.15) is 4.31 Å². The van der Waals surface area contributed by atoms with E-state index in [-0.39, 0.29) is 16.8 Å². The molecule has 1 amide bonds. The van der Waals surface area contributed by atoms with E-state index >= 15 is 0 Å². The van der Waals surface area contributed by atoms with Gasteiger partial charge in [-0.1, -0.05) is 60.7 Å². The third-order valence-corrected chi connectivity index (χ3v) is 8.61. The van der Waals surface area contributed by atoms with E-state index in [1.165, 1.54) is 15.4 Å². The largest absolute Gasteiger partial charge is 0.335 e. The lowest BCUT2D eigenvalue weighted by atomic mass is 10.0. The predicted molar refractivity (Wildman–Crippen MR) is 128 cm³/mol. The van der Waals surface area contributed by atoms with E-state index in [2.05, 4.69) is 18.2 Å². The average Bonchev–Trinajstić information content (AvgIpc) is 3.32. The van der Waals surface area contributed by atoms with Gasteiger partial charge in [0.2, 0.25) is 10.0 Å². The van der Waals surface area contributed by atoms with Crippen LogP contribution in [-0.4, -0.2) is 42.7 Å². The zero-order valence-electron chi connectivity index (χ0n) is 18.6. The standard InChI is InChI=1S/C27H28N2O3S/c30-27(29-16-7-13-25(29)18-21-8-2-1-3-9-21)23-12-6-14-26(19-23)33(31,32)28-17-15-22-10-4-5-11-24(22)20-28/h1-6,8-12,14,19,25H,7,13,15-18,20H2/t25-/m1/s1. The lowest BCUT2D eigenvalue weighted by molar-refractivity contribution is 0.0736. The van der Waals surface area contributed by atoms with Crippen LogP contribution in [0.5, 0.6) is 0 Å². The highest BCUT2D eigenvalue weighted by Crippen LogP contribution is 2.27. The number of rotatable bonds is 5. The van der Waals surface area contributed by atoms with Gasteiger partial charge < -0.3 is 4.90 Å². The summed E-state index contributed by atoms with van der Waals surface area (Å²) in [5, 5.41) is 0. The highest BCUT2D eigenvalue weighted by atomic mass is 32.2. The number of carbonyl (C=O) groups is 1. The molecule has 2 aliphatic heterocycles. The highest BCUT2D eigenvalue weighted by molar-refractivity contribution is 7.89. The van der Waals surface area contributed by atoms with Gasteiger partial charge >= 0.3 is 0 Å². The molecule has 1 atom stereocenters. The van der Waals surface area contributed by atoms with E-state index < -0.39 is 10.0 Å². The van der Waals surface area contributed by atoms with Gasteiger partial charge in [0.15, 0.2) is 0 Å². The number of nitrogens with zero attached hydrogens (tertiary/aromatic N) is 2. The number of hydrogen-bond donors (Lipinski definition) is 0. The van der Waals surface area contributed by atoms with Crippen molar-refractivity contribution in [3.8, 4) is 0 Å². The summed E-state index contributed by atoms with van der Waals surface area (Å²) in [5.74, 6) is -0.0885. The van der Waals surface area contributed by atoms with Gasteiger partial charge in [0.25, 0.3) is 5.91 Å². The molecule has 0 unspecified atom stereocenters. The molecule has 1 saturated heterocycles. The number of carbonyl (C=O) groups excluding carboxylic acids is 1. The summed E-state index contributed by atoms with van der Waals surface area (Å²) in [6.45, 7) is 1.51. The fourth-order valence-corrected chi connectivity index (χ4v) is 6.45. The first-order valence-electron chi connectivity index (χ1n) is 11.5. The summed E-state index contributed by atoms with van der Waals surface area (Å²) in [4.78, 5) is 15.5. The Morgan fingerprint density at radius 1 is 0.879 bits per heavy atom. The van der Waals surface area contributed by atoms with Crippen molar-refractivity contribution in [1.82, 2.24) is 9.21 Å². The van der Waals surface area contributed by atoms with Crippen LogP contribution in [0, 0.1) is 0 Å². The second kappa shape index (κ2) is 9.12. The summed E-state index contributed by atoms with van der Waals surface area (Å²) in [5.41, 5.74) is 3.89. The maximum atomic E-state index is 13.4. The molecule has 3 aromatic rings. The number of sulfonamides is 1. The Kier molecular flexibility index (Phi) is 6.04. The number of benzene rings is 3.